The Labute approximate surface area is 120 Å². The van der Waals surface area contributed by atoms with Crippen LogP contribution in [0.2, 0.25) is 0 Å². The molecule has 20 heavy (non-hydrogen) atoms. The van der Waals surface area contributed by atoms with Gasteiger partial charge in [0.2, 0.25) is 10.0 Å². The molecule has 1 fully saturated rings. The average Bonchev–Trinajstić information content (AvgIpc) is 2.70. The first kappa shape index (κ1) is 15.4. The maximum absolute atomic E-state index is 12.8. The predicted molar refractivity (Wildman–Crippen MR) is 78.0 cm³/mol. The Hall–Kier alpha value is -0.950. The van der Waals surface area contributed by atoms with E-state index in [2.05, 4.69) is 0 Å². The number of ether oxygens (including phenoxy) is 1. The first-order chi connectivity index (χ1) is 9.46. The molecule has 0 aliphatic carbocycles. The van der Waals surface area contributed by atoms with Gasteiger partial charge in [-0.2, -0.15) is 4.31 Å². The molecular formula is C14H22N2O3S. The van der Waals surface area contributed by atoms with Crippen molar-refractivity contribution in [2.75, 3.05) is 26.3 Å². The van der Waals surface area contributed by atoms with Gasteiger partial charge in [0, 0.05) is 26.2 Å². The van der Waals surface area contributed by atoms with Crippen molar-refractivity contribution in [3.05, 3.63) is 28.8 Å². The van der Waals surface area contributed by atoms with Crippen LogP contribution in [0.5, 0.6) is 0 Å². The van der Waals surface area contributed by atoms with Crippen LogP contribution in [0.1, 0.15) is 23.1 Å². The van der Waals surface area contributed by atoms with E-state index in [1.165, 1.54) is 4.31 Å². The molecule has 0 radical (unpaired) electrons. The van der Waals surface area contributed by atoms with Crippen molar-refractivity contribution in [1.82, 2.24) is 4.31 Å². The van der Waals surface area contributed by atoms with Crippen molar-refractivity contribution in [2.24, 2.45) is 5.73 Å². The minimum atomic E-state index is -3.47. The molecule has 0 amide bonds. The van der Waals surface area contributed by atoms with Gasteiger partial charge in [0.25, 0.3) is 0 Å². The highest BCUT2D eigenvalue weighted by Crippen LogP contribution is 2.25. The molecule has 0 aromatic heterocycles. The molecule has 0 unspecified atom stereocenters. The number of nitrogens with two attached hydrogens (primary N) is 1. The topological polar surface area (TPSA) is 72.6 Å². The Balaban J connectivity index is 2.45. The van der Waals surface area contributed by atoms with Crippen LogP contribution in [-0.2, 0) is 21.3 Å². The van der Waals surface area contributed by atoms with Gasteiger partial charge >= 0.3 is 0 Å². The van der Waals surface area contributed by atoms with Gasteiger partial charge in [0.1, 0.15) is 0 Å². The monoisotopic (exact) mass is 298 g/mol. The highest BCUT2D eigenvalue weighted by molar-refractivity contribution is 7.89. The van der Waals surface area contributed by atoms with Crippen molar-refractivity contribution in [3.63, 3.8) is 0 Å². The maximum atomic E-state index is 12.8. The van der Waals surface area contributed by atoms with Gasteiger partial charge < -0.3 is 10.5 Å². The summed E-state index contributed by atoms with van der Waals surface area (Å²) < 4.78 is 32.5. The third-order valence-electron chi connectivity index (χ3n) is 3.71. The van der Waals surface area contributed by atoms with E-state index in [0.717, 1.165) is 23.1 Å². The largest absolute Gasteiger partial charge is 0.380 e. The fourth-order valence-corrected chi connectivity index (χ4v) is 4.20. The second-order valence-corrected chi connectivity index (χ2v) is 7.02. The van der Waals surface area contributed by atoms with Crippen LogP contribution >= 0.6 is 0 Å². The standard InChI is InChI=1S/C14H22N2O3S/c1-11-8-13(10-15)9-14(12(11)2)20(17,18)16-4-3-6-19-7-5-16/h8-9H,3-7,10,15H2,1-2H3. The first-order valence-electron chi connectivity index (χ1n) is 6.85. The van der Waals surface area contributed by atoms with E-state index in [1.807, 2.05) is 19.9 Å². The van der Waals surface area contributed by atoms with Crippen LogP contribution in [0.15, 0.2) is 17.0 Å². The zero-order valence-electron chi connectivity index (χ0n) is 12.1. The van der Waals surface area contributed by atoms with Gasteiger partial charge in [-0.15, -0.1) is 0 Å². The third-order valence-corrected chi connectivity index (χ3v) is 5.74. The molecule has 1 aliphatic heterocycles. The molecule has 1 heterocycles. The Bertz CT molecular complexity index is 576. The van der Waals surface area contributed by atoms with E-state index < -0.39 is 10.0 Å². The van der Waals surface area contributed by atoms with Crippen molar-refractivity contribution in [3.8, 4) is 0 Å². The molecule has 0 spiro atoms. The molecule has 0 atom stereocenters. The Morgan fingerprint density at radius 3 is 2.70 bits per heavy atom. The zero-order chi connectivity index (χ0) is 14.8. The van der Waals surface area contributed by atoms with Crippen molar-refractivity contribution >= 4 is 10.0 Å². The van der Waals surface area contributed by atoms with Crippen LogP contribution in [0, 0.1) is 13.8 Å². The summed E-state index contributed by atoms with van der Waals surface area (Å²) in [5.74, 6) is 0. The zero-order valence-corrected chi connectivity index (χ0v) is 12.9. The number of aryl methyl sites for hydroxylation is 1. The van der Waals surface area contributed by atoms with E-state index in [9.17, 15) is 8.42 Å². The Kier molecular flexibility index (Phi) is 4.80. The summed E-state index contributed by atoms with van der Waals surface area (Å²) in [4.78, 5) is 0.375. The number of rotatable bonds is 3. The normalized spacial score (nSPS) is 17.9. The lowest BCUT2D eigenvalue weighted by molar-refractivity contribution is 0.148. The minimum Gasteiger partial charge on any atom is -0.380 e. The highest BCUT2D eigenvalue weighted by Gasteiger charge is 2.27. The summed E-state index contributed by atoms with van der Waals surface area (Å²) in [5, 5.41) is 0. The summed E-state index contributed by atoms with van der Waals surface area (Å²) in [7, 11) is -3.47. The number of hydrogen-bond acceptors (Lipinski definition) is 4. The molecule has 0 saturated carbocycles. The summed E-state index contributed by atoms with van der Waals surface area (Å²) in [6, 6.07) is 3.64. The summed E-state index contributed by atoms with van der Waals surface area (Å²) in [5.41, 5.74) is 8.26. The quantitative estimate of drug-likeness (QED) is 0.909. The van der Waals surface area contributed by atoms with Crippen molar-refractivity contribution < 1.29 is 13.2 Å². The van der Waals surface area contributed by atoms with Crippen LogP contribution in [0.4, 0.5) is 0 Å². The molecule has 1 aliphatic rings. The van der Waals surface area contributed by atoms with Gasteiger partial charge in [-0.05, 0) is 43.0 Å². The van der Waals surface area contributed by atoms with Crippen LogP contribution in [0.25, 0.3) is 0 Å². The fraction of sp³-hybridized carbons (Fsp3) is 0.571. The van der Waals surface area contributed by atoms with Crippen molar-refractivity contribution in [1.29, 1.82) is 0 Å². The molecule has 0 bridgehead atoms. The maximum Gasteiger partial charge on any atom is 0.243 e. The molecule has 5 nitrogen and oxygen atoms in total. The lowest BCUT2D eigenvalue weighted by atomic mass is 10.1. The molecular weight excluding hydrogens is 276 g/mol. The molecule has 2 rings (SSSR count). The summed E-state index contributed by atoms with van der Waals surface area (Å²) >= 11 is 0. The number of nitrogens with zero attached hydrogens (tertiary/aromatic N) is 1. The van der Waals surface area contributed by atoms with E-state index in [4.69, 9.17) is 10.5 Å². The number of sulfonamides is 1. The first-order valence-corrected chi connectivity index (χ1v) is 8.29. The van der Waals surface area contributed by atoms with Crippen LogP contribution < -0.4 is 5.73 Å². The van der Waals surface area contributed by atoms with Gasteiger partial charge in [-0.3, -0.25) is 0 Å². The van der Waals surface area contributed by atoms with E-state index in [0.29, 0.717) is 37.7 Å². The Morgan fingerprint density at radius 1 is 1.25 bits per heavy atom. The van der Waals surface area contributed by atoms with Crippen LogP contribution in [-0.4, -0.2) is 39.0 Å². The van der Waals surface area contributed by atoms with Gasteiger partial charge in [-0.1, -0.05) is 6.07 Å². The molecule has 2 N–H and O–H groups in total. The Morgan fingerprint density at radius 2 is 2.00 bits per heavy atom. The van der Waals surface area contributed by atoms with Gasteiger partial charge in [0.15, 0.2) is 0 Å². The van der Waals surface area contributed by atoms with E-state index in [1.54, 1.807) is 6.07 Å². The SMILES string of the molecule is Cc1cc(CN)cc(S(=O)(=O)N2CCCOCC2)c1C. The summed E-state index contributed by atoms with van der Waals surface area (Å²) in [6.07, 6.45) is 0.730. The molecule has 1 saturated heterocycles. The van der Waals surface area contributed by atoms with E-state index in [-0.39, 0.29) is 0 Å². The fourth-order valence-electron chi connectivity index (χ4n) is 2.39. The lowest BCUT2D eigenvalue weighted by Gasteiger charge is -2.21. The molecule has 6 heteroatoms. The number of benzene rings is 1. The van der Waals surface area contributed by atoms with E-state index >= 15 is 0 Å². The second-order valence-electron chi connectivity index (χ2n) is 5.11. The predicted octanol–water partition coefficient (Wildman–Crippen LogP) is 1.17. The van der Waals surface area contributed by atoms with Gasteiger partial charge in [0.05, 0.1) is 11.5 Å². The van der Waals surface area contributed by atoms with Crippen molar-refractivity contribution in [2.45, 2.75) is 31.7 Å². The second kappa shape index (κ2) is 6.22. The lowest BCUT2D eigenvalue weighted by Crippen LogP contribution is -2.33. The highest BCUT2D eigenvalue weighted by atomic mass is 32.2. The molecule has 1 aromatic carbocycles. The summed E-state index contributed by atoms with van der Waals surface area (Å²) in [6.45, 7) is 6.09. The number of hydrogen-bond donors (Lipinski definition) is 1. The minimum absolute atomic E-state index is 0.340. The molecule has 112 valence electrons. The van der Waals surface area contributed by atoms with Gasteiger partial charge in [-0.25, -0.2) is 8.42 Å². The molecule has 1 aromatic rings. The average molecular weight is 298 g/mol. The smallest absolute Gasteiger partial charge is 0.243 e. The third kappa shape index (κ3) is 3.03. The van der Waals surface area contributed by atoms with Crippen LogP contribution in [0.3, 0.4) is 0 Å².